The molecule has 92 valence electrons. The molecule has 0 saturated heterocycles. The van der Waals surface area contributed by atoms with Crippen molar-refractivity contribution < 1.29 is 4.74 Å². The van der Waals surface area contributed by atoms with Crippen LogP contribution >= 0.6 is 0 Å². The third kappa shape index (κ3) is 2.65. The first-order valence-electron chi connectivity index (χ1n) is 6.41. The topological polar surface area (TPSA) is 9.23 Å². The highest BCUT2D eigenvalue weighted by Gasteiger charge is 2.04. The summed E-state index contributed by atoms with van der Waals surface area (Å²) in [5.41, 5.74) is 1.01. The van der Waals surface area contributed by atoms with Crippen LogP contribution in [0.25, 0.3) is 10.8 Å². The molecule has 2 aromatic carbocycles. The molecule has 2 rings (SSSR count). The van der Waals surface area contributed by atoms with E-state index >= 15 is 0 Å². The molecule has 0 N–H and O–H groups in total. The van der Waals surface area contributed by atoms with Crippen LogP contribution < -0.4 is 4.74 Å². The minimum atomic E-state index is 0.859. The summed E-state index contributed by atoms with van der Waals surface area (Å²) in [7, 11) is 1.70. The number of hydrogen-bond donors (Lipinski definition) is 0. The Morgan fingerprint density at radius 1 is 1.11 bits per heavy atom. The van der Waals surface area contributed by atoms with Crippen molar-refractivity contribution in [3.63, 3.8) is 0 Å². The molecule has 0 aliphatic heterocycles. The van der Waals surface area contributed by atoms with Crippen LogP contribution in [0.5, 0.6) is 5.75 Å². The summed E-state index contributed by atoms with van der Waals surface area (Å²) in [4.78, 5) is 0. The van der Waals surface area contributed by atoms with E-state index in [0.29, 0.717) is 0 Å². The number of fused-ring (bicyclic) bond motifs is 1. The Bertz CT molecular complexity index is 587. The maximum atomic E-state index is 5.41. The average molecular weight is 238 g/mol. The maximum absolute atomic E-state index is 5.41. The van der Waals surface area contributed by atoms with Gasteiger partial charge in [-0.25, -0.2) is 0 Å². The molecule has 0 unspecified atom stereocenters. The summed E-state index contributed by atoms with van der Waals surface area (Å²) < 4.78 is 5.41. The normalized spacial score (nSPS) is 9.89. The van der Waals surface area contributed by atoms with Gasteiger partial charge in [-0.2, -0.15) is 0 Å². The van der Waals surface area contributed by atoms with Gasteiger partial charge in [-0.15, -0.1) is 0 Å². The Balaban J connectivity index is 2.46. The van der Waals surface area contributed by atoms with Gasteiger partial charge in [-0.1, -0.05) is 55.5 Å². The van der Waals surface area contributed by atoms with Crippen LogP contribution in [-0.2, 0) is 0 Å². The molecule has 0 amide bonds. The molecule has 18 heavy (non-hydrogen) atoms. The SMILES string of the molecule is CCCCC#Cc1c(OC)ccc2ccccc12. The van der Waals surface area contributed by atoms with E-state index in [2.05, 4.69) is 37.0 Å². The predicted octanol–water partition coefficient (Wildman–Crippen LogP) is 4.39. The Morgan fingerprint density at radius 3 is 2.72 bits per heavy atom. The van der Waals surface area contributed by atoms with E-state index in [1.54, 1.807) is 7.11 Å². The zero-order valence-corrected chi connectivity index (χ0v) is 11.0. The first kappa shape index (κ1) is 12.5. The van der Waals surface area contributed by atoms with E-state index in [0.717, 1.165) is 24.2 Å². The second-order valence-corrected chi connectivity index (χ2v) is 4.27. The van der Waals surface area contributed by atoms with Crippen molar-refractivity contribution in [2.75, 3.05) is 7.11 Å². The smallest absolute Gasteiger partial charge is 0.135 e. The Labute approximate surface area is 109 Å². The van der Waals surface area contributed by atoms with Crippen molar-refractivity contribution in [2.24, 2.45) is 0 Å². The van der Waals surface area contributed by atoms with E-state index < -0.39 is 0 Å². The van der Waals surface area contributed by atoms with Gasteiger partial charge in [0.25, 0.3) is 0 Å². The molecule has 0 atom stereocenters. The van der Waals surface area contributed by atoms with Crippen LogP contribution in [0.4, 0.5) is 0 Å². The molecular formula is C17H18O. The molecule has 0 saturated carbocycles. The van der Waals surface area contributed by atoms with Crippen molar-refractivity contribution >= 4 is 10.8 Å². The van der Waals surface area contributed by atoms with Gasteiger partial charge in [-0.05, 0) is 17.9 Å². The number of ether oxygens (including phenoxy) is 1. The Morgan fingerprint density at radius 2 is 1.94 bits per heavy atom. The molecule has 0 bridgehead atoms. The third-order valence-electron chi connectivity index (χ3n) is 2.98. The van der Waals surface area contributed by atoms with E-state index in [-0.39, 0.29) is 0 Å². The molecule has 0 spiro atoms. The Kier molecular flexibility index (Phi) is 4.25. The molecule has 2 aromatic rings. The molecule has 0 aliphatic rings. The van der Waals surface area contributed by atoms with Gasteiger partial charge in [0.15, 0.2) is 0 Å². The van der Waals surface area contributed by atoms with Crippen molar-refractivity contribution in [3.8, 4) is 17.6 Å². The zero-order chi connectivity index (χ0) is 12.8. The fourth-order valence-electron chi connectivity index (χ4n) is 1.97. The van der Waals surface area contributed by atoms with E-state index in [9.17, 15) is 0 Å². The van der Waals surface area contributed by atoms with Gasteiger partial charge in [0, 0.05) is 11.8 Å². The summed E-state index contributed by atoms with van der Waals surface area (Å²) in [6, 6.07) is 12.4. The van der Waals surface area contributed by atoms with Gasteiger partial charge in [-0.3, -0.25) is 0 Å². The lowest BCUT2D eigenvalue weighted by Crippen LogP contribution is -1.89. The molecule has 0 fully saturated rings. The molecule has 0 radical (unpaired) electrons. The third-order valence-corrected chi connectivity index (χ3v) is 2.98. The summed E-state index contributed by atoms with van der Waals surface area (Å²) in [5, 5.41) is 2.37. The molecule has 1 heteroatoms. The van der Waals surface area contributed by atoms with Crippen LogP contribution in [0.3, 0.4) is 0 Å². The van der Waals surface area contributed by atoms with Gasteiger partial charge in [0.1, 0.15) is 5.75 Å². The summed E-state index contributed by atoms with van der Waals surface area (Å²) >= 11 is 0. The van der Waals surface area contributed by atoms with E-state index in [1.807, 2.05) is 18.2 Å². The highest BCUT2D eigenvalue weighted by Crippen LogP contribution is 2.26. The second-order valence-electron chi connectivity index (χ2n) is 4.27. The predicted molar refractivity (Wildman–Crippen MR) is 76.9 cm³/mol. The monoisotopic (exact) mass is 238 g/mol. The molecule has 0 aliphatic carbocycles. The Hall–Kier alpha value is -1.94. The fourth-order valence-corrected chi connectivity index (χ4v) is 1.97. The summed E-state index contributed by atoms with van der Waals surface area (Å²) in [5.74, 6) is 7.37. The summed E-state index contributed by atoms with van der Waals surface area (Å²) in [6.07, 6.45) is 3.28. The van der Waals surface area contributed by atoms with Crippen molar-refractivity contribution in [3.05, 3.63) is 42.0 Å². The van der Waals surface area contributed by atoms with Crippen LogP contribution in [0.2, 0.25) is 0 Å². The standard InChI is InChI=1S/C17H18O/c1-3-4-5-6-11-16-15-10-8-7-9-14(15)12-13-17(16)18-2/h7-10,12-13H,3-5H2,1-2H3. The summed E-state index contributed by atoms with van der Waals surface area (Å²) in [6.45, 7) is 2.18. The second kappa shape index (κ2) is 6.12. The van der Waals surface area contributed by atoms with Crippen LogP contribution in [-0.4, -0.2) is 7.11 Å². The quantitative estimate of drug-likeness (QED) is 0.569. The largest absolute Gasteiger partial charge is 0.495 e. The lowest BCUT2D eigenvalue weighted by molar-refractivity contribution is 0.414. The van der Waals surface area contributed by atoms with Gasteiger partial charge in [0.2, 0.25) is 0 Å². The first-order valence-corrected chi connectivity index (χ1v) is 6.41. The number of unbranched alkanes of at least 4 members (excludes halogenated alkanes) is 2. The minimum absolute atomic E-state index is 0.859. The maximum Gasteiger partial charge on any atom is 0.135 e. The molecule has 0 heterocycles. The average Bonchev–Trinajstić information content (AvgIpc) is 2.43. The number of hydrogen-bond acceptors (Lipinski definition) is 1. The van der Waals surface area contributed by atoms with Gasteiger partial charge in [0.05, 0.1) is 12.7 Å². The van der Waals surface area contributed by atoms with Crippen LogP contribution in [0.1, 0.15) is 31.7 Å². The minimum Gasteiger partial charge on any atom is -0.495 e. The number of methoxy groups -OCH3 is 1. The van der Waals surface area contributed by atoms with E-state index in [4.69, 9.17) is 4.74 Å². The van der Waals surface area contributed by atoms with Crippen molar-refractivity contribution in [1.29, 1.82) is 0 Å². The molecule has 0 aromatic heterocycles. The molecule has 1 nitrogen and oxygen atoms in total. The number of rotatable bonds is 3. The lowest BCUT2D eigenvalue weighted by Gasteiger charge is -2.06. The van der Waals surface area contributed by atoms with Crippen LogP contribution in [0, 0.1) is 11.8 Å². The lowest BCUT2D eigenvalue weighted by atomic mass is 10.0. The highest BCUT2D eigenvalue weighted by atomic mass is 16.5. The van der Waals surface area contributed by atoms with Crippen molar-refractivity contribution in [1.82, 2.24) is 0 Å². The highest BCUT2D eigenvalue weighted by molar-refractivity contribution is 5.90. The van der Waals surface area contributed by atoms with Crippen molar-refractivity contribution in [2.45, 2.75) is 26.2 Å². The zero-order valence-electron chi connectivity index (χ0n) is 11.0. The number of benzene rings is 2. The first-order chi connectivity index (χ1) is 8.86. The van der Waals surface area contributed by atoms with Gasteiger partial charge < -0.3 is 4.74 Å². The van der Waals surface area contributed by atoms with Crippen LogP contribution in [0.15, 0.2) is 36.4 Å². The fraction of sp³-hybridized carbons (Fsp3) is 0.294. The van der Waals surface area contributed by atoms with E-state index in [1.165, 1.54) is 17.2 Å². The van der Waals surface area contributed by atoms with Gasteiger partial charge >= 0.3 is 0 Å². The molecular weight excluding hydrogens is 220 g/mol.